The zero-order valence-electron chi connectivity index (χ0n) is 13.1. The third-order valence-electron chi connectivity index (χ3n) is 3.06. The third-order valence-corrected chi connectivity index (χ3v) is 3.35. The number of benzene rings is 2. The molecule has 2 aromatic rings. The van der Waals surface area contributed by atoms with Crippen LogP contribution in [0, 0.1) is 15.9 Å². The van der Waals surface area contributed by atoms with Gasteiger partial charge in [0.25, 0.3) is 11.6 Å². The van der Waals surface area contributed by atoms with Crippen LogP contribution < -0.4 is 5.32 Å². The number of amides is 1. The van der Waals surface area contributed by atoms with Crippen molar-refractivity contribution in [1.82, 2.24) is 0 Å². The van der Waals surface area contributed by atoms with E-state index in [2.05, 4.69) is 5.32 Å². The predicted molar refractivity (Wildman–Crippen MR) is 93.1 cm³/mol. The van der Waals surface area contributed by atoms with Crippen molar-refractivity contribution in [3.63, 3.8) is 0 Å². The Labute approximate surface area is 152 Å². The van der Waals surface area contributed by atoms with Crippen molar-refractivity contribution in [2.45, 2.75) is 0 Å². The molecule has 26 heavy (non-hydrogen) atoms. The molecule has 0 spiro atoms. The van der Waals surface area contributed by atoms with Gasteiger partial charge < -0.3 is 10.1 Å². The average molecular weight is 379 g/mol. The zero-order valence-corrected chi connectivity index (χ0v) is 13.9. The highest BCUT2D eigenvalue weighted by molar-refractivity contribution is 6.31. The summed E-state index contributed by atoms with van der Waals surface area (Å²) in [6.45, 7) is -0.543. The molecule has 9 heteroatoms. The standard InChI is InChI=1S/C17H12ClFN2O5/c18-14-9-12(4-7-15(14)19)20-16(22)10-26-17(23)8-3-11-1-5-13(6-2-11)21(24)25/h1-9H,10H2,(H,20,22)/b8-3+. The summed E-state index contributed by atoms with van der Waals surface area (Å²) in [6.07, 6.45) is 2.48. The molecule has 1 N–H and O–H groups in total. The Hall–Kier alpha value is -3.26. The van der Waals surface area contributed by atoms with Gasteiger partial charge in [0.2, 0.25) is 0 Å². The lowest BCUT2D eigenvalue weighted by molar-refractivity contribution is -0.384. The normalized spacial score (nSPS) is 10.5. The summed E-state index contributed by atoms with van der Waals surface area (Å²) in [5, 5.41) is 12.8. The van der Waals surface area contributed by atoms with Gasteiger partial charge in [0.15, 0.2) is 6.61 Å². The third kappa shape index (κ3) is 5.67. The summed E-state index contributed by atoms with van der Waals surface area (Å²) in [5.74, 6) is -2.01. The number of anilines is 1. The van der Waals surface area contributed by atoms with E-state index in [1.165, 1.54) is 42.5 Å². The van der Waals surface area contributed by atoms with Crippen LogP contribution in [0.3, 0.4) is 0 Å². The topological polar surface area (TPSA) is 98.5 Å². The highest BCUT2D eigenvalue weighted by Gasteiger charge is 2.08. The van der Waals surface area contributed by atoms with Crippen LogP contribution in [-0.4, -0.2) is 23.4 Å². The van der Waals surface area contributed by atoms with Crippen LogP contribution in [0.15, 0.2) is 48.5 Å². The van der Waals surface area contributed by atoms with Crippen molar-refractivity contribution in [3.8, 4) is 0 Å². The van der Waals surface area contributed by atoms with E-state index in [9.17, 15) is 24.1 Å². The number of non-ortho nitro benzene ring substituents is 1. The number of nitro groups is 1. The van der Waals surface area contributed by atoms with Crippen molar-refractivity contribution in [2.75, 3.05) is 11.9 Å². The van der Waals surface area contributed by atoms with Gasteiger partial charge in [0, 0.05) is 23.9 Å². The fraction of sp³-hybridized carbons (Fsp3) is 0.0588. The summed E-state index contributed by atoms with van der Waals surface area (Å²) >= 11 is 5.59. The molecule has 0 atom stereocenters. The van der Waals surface area contributed by atoms with Crippen LogP contribution in [-0.2, 0) is 14.3 Å². The van der Waals surface area contributed by atoms with E-state index in [4.69, 9.17) is 16.3 Å². The number of carbonyl (C=O) groups is 2. The molecule has 0 aliphatic rings. The number of hydrogen-bond donors (Lipinski definition) is 1. The number of ether oxygens (including phenoxy) is 1. The monoisotopic (exact) mass is 378 g/mol. The maximum atomic E-state index is 13.0. The molecule has 0 aliphatic carbocycles. The summed E-state index contributed by atoms with van der Waals surface area (Å²) in [4.78, 5) is 33.3. The van der Waals surface area contributed by atoms with E-state index in [0.717, 1.165) is 12.1 Å². The van der Waals surface area contributed by atoms with Gasteiger partial charge in [-0.3, -0.25) is 14.9 Å². The highest BCUT2D eigenvalue weighted by Crippen LogP contribution is 2.19. The SMILES string of the molecule is O=C(COC(=O)/C=C/c1ccc([N+](=O)[O-])cc1)Nc1ccc(F)c(Cl)c1. The fourth-order valence-electron chi connectivity index (χ4n) is 1.83. The number of nitrogens with zero attached hydrogens (tertiary/aromatic N) is 1. The maximum Gasteiger partial charge on any atom is 0.331 e. The van der Waals surface area contributed by atoms with E-state index >= 15 is 0 Å². The molecule has 0 aromatic heterocycles. The second kappa shape index (κ2) is 8.72. The minimum absolute atomic E-state index is 0.0673. The lowest BCUT2D eigenvalue weighted by Gasteiger charge is -2.06. The second-order valence-electron chi connectivity index (χ2n) is 4.97. The molecule has 0 aliphatic heterocycles. The smallest absolute Gasteiger partial charge is 0.331 e. The second-order valence-corrected chi connectivity index (χ2v) is 5.37. The molecule has 2 rings (SSSR count). The van der Waals surface area contributed by atoms with Gasteiger partial charge in [-0.1, -0.05) is 11.6 Å². The minimum Gasteiger partial charge on any atom is -0.452 e. The molecule has 134 valence electrons. The van der Waals surface area contributed by atoms with E-state index < -0.39 is 29.2 Å². The number of hydrogen-bond acceptors (Lipinski definition) is 5. The van der Waals surface area contributed by atoms with Crippen LogP contribution >= 0.6 is 11.6 Å². The number of carbonyl (C=O) groups excluding carboxylic acids is 2. The molecular formula is C17H12ClFN2O5. The Bertz CT molecular complexity index is 868. The summed E-state index contributed by atoms with van der Waals surface area (Å²) in [6, 6.07) is 9.16. The molecular weight excluding hydrogens is 367 g/mol. The van der Waals surface area contributed by atoms with Gasteiger partial charge in [-0.2, -0.15) is 0 Å². The van der Waals surface area contributed by atoms with Gasteiger partial charge >= 0.3 is 5.97 Å². The van der Waals surface area contributed by atoms with Crippen LogP contribution in [0.25, 0.3) is 6.08 Å². The Morgan fingerprint density at radius 3 is 2.54 bits per heavy atom. The molecule has 0 saturated carbocycles. The summed E-state index contributed by atoms with van der Waals surface area (Å²) in [7, 11) is 0. The Morgan fingerprint density at radius 2 is 1.92 bits per heavy atom. The quantitative estimate of drug-likeness (QED) is 0.358. The number of nitro benzene ring substituents is 1. The Morgan fingerprint density at radius 1 is 1.23 bits per heavy atom. The fourth-order valence-corrected chi connectivity index (χ4v) is 2.01. The van der Waals surface area contributed by atoms with Crippen LogP contribution in [0.5, 0.6) is 0 Å². The van der Waals surface area contributed by atoms with Gasteiger partial charge in [-0.25, -0.2) is 9.18 Å². The van der Waals surface area contributed by atoms with Gasteiger partial charge in [0.05, 0.1) is 9.95 Å². The zero-order chi connectivity index (χ0) is 19.1. The molecule has 1 amide bonds. The lowest BCUT2D eigenvalue weighted by Crippen LogP contribution is -2.20. The maximum absolute atomic E-state index is 13.0. The average Bonchev–Trinajstić information content (AvgIpc) is 2.61. The molecule has 0 unspecified atom stereocenters. The summed E-state index contributed by atoms with van der Waals surface area (Å²) in [5.41, 5.74) is 0.749. The molecule has 0 heterocycles. The van der Waals surface area contributed by atoms with Gasteiger partial charge in [-0.05, 0) is 42.0 Å². The minimum atomic E-state index is -0.768. The first-order valence-corrected chi connectivity index (χ1v) is 7.57. The van der Waals surface area contributed by atoms with Crippen molar-refractivity contribution >= 4 is 40.9 Å². The molecule has 0 saturated heterocycles. The number of nitrogens with one attached hydrogen (secondary N) is 1. The first kappa shape index (κ1) is 19.1. The Balaban J connectivity index is 1.82. The molecule has 0 bridgehead atoms. The molecule has 0 radical (unpaired) electrons. The molecule has 2 aromatic carbocycles. The highest BCUT2D eigenvalue weighted by atomic mass is 35.5. The molecule has 0 fully saturated rings. The van der Waals surface area contributed by atoms with E-state index in [1.807, 2.05) is 0 Å². The van der Waals surface area contributed by atoms with E-state index in [0.29, 0.717) is 5.56 Å². The van der Waals surface area contributed by atoms with Gasteiger partial charge in [-0.15, -0.1) is 0 Å². The van der Waals surface area contributed by atoms with Crippen molar-refractivity contribution in [3.05, 3.63) is 75.1 Å². The van der Waals surface area contributed by atoms with Crippen molar-refractivity contribution in [1.29, 1.82) is 0 Å². The lowest BCUT2D eigenvalue weighted by atomic mass is 10.2. The Kier molecular flexibility index (Phi) is 6.40. The number of esters is 1. The largest absolute Gasteiger partial charge is 0.452 e. The predicted octanol–water partition coefficient (Wildman–Crippen LogP) is 3.58. The summed E-state index contributed by atoms with van der Waals surface area (Å²) < 4.78 is 17.8. The van der Waals surface area contributed by atoms with E-state index in [-0.39, 0.29) is 16.4 Å². The van der Waals surface area contributed by atoms with Crippen LogP contribution in [0.2, 0.25) is 5.02 Å². The van der Waals surface area contributed by atoms with Crippen molar-refractivity contribution in [2.24, 2.45) is 0 Å². The first-order valence-electron chi connectivity index (χ1n) is 7.19. The van der Waals surface area contributed by atoms with Crippen molar-refractivity contribution < 1.29 is 23.6 Å². The van der Waals surface area contributed by atoms with E-state index in [1.54, 1.807) is 0 Å². The molecule has 7 nitrogen and oxygen atoms in total. The van der Waals surface area contributed by atoms with Gasteiger partial charge in [0.1, 0.15) is 5.82 Å². The van der Waals surface area contributed by atoms with Crippen LogP contribution in [0.1, 0.15) is 5.56 Å². The first-order chi connectivity index (χ1) is 12.3. The number of halogens is 2. The number of rotatable bonds is 6. The van der Waals surface area contributed by atoms with Crippen LogP contribution in [0.4, 0.5) is 15.8 Å².